The number of hydrogen-bond donors (Lipinski definition) is 1. The number of hydrogen-bond acceptors (Lipinski definition) is 4. The molecule has 1 fully saturated rings. The molecule has 1 amide bonds. The standard InChI is InChI=1S/C25H23NO3S/c27-24(26-25(11-12-25)23-20-10-14-30-22(20)9-13-28-23)29-15-21-18-7-3-1-5-16(18)17-6-2-4-8-19(17)21/h1-8,10,14,21,23H,9,11-13,15H2,(H,26,27). The minimum atomic E-state index is -0.347. The summed E-state index contributed by atoms with van der Waals surface area (Å²) in [6.45, 7) is 1.05. The van der Waals surface area contributed by atoms with Gasteiger partial charge in [-0.25, -0.2) is 4.79 Å². The molecule has 0 radical (unpaired) electrons. The number of benzene rings is 2. The lowest BCUT2D eigenvalue weighted by Gasteiger charge is -2.31. The molecule has 1 atom stereocenters. The maximum absolute atomic E-state index is 12.8. The summed E-state index contributed by atoms with van der Waals surface area (Å²) < 4.78 is 11.9. The van der Waals surface area contributed by atoms with Crippen LogP contribution in [0.5, 0.6) is 0 Å². The van der Waals surface area contributed by atoms with Crippen LogP contribution in [-0.4, -0.2) is 24.8 Å². The highest BCUT2D eigenvalue weighted by atomic mass is 32.1. The molecule has 2 aromatic carbocycles. The molecule has 30 heavy (non-hydrogen) atoms. The third-order valence-corrected chi connectivity index (χ3v) is 7.66. The lowest BCUT2D eigenvalue weighted by molar-refractivity contribution is 0.00734. The van der Waals surface area contributed by atoms with E-state index in [0.717, 1.165) is 19.3 Å². The Morgan fingerprint density at radius 1 is 1.03 bits per heavy atom. The van der Waals surface area contributed by atoms with Crippen LogP contribution >= 0.6 is 11.3 Å². The van der Waals surface area contributed by atoms with Crippen molar-refractivity contribution < 1.29 is 14.3 Å². The van der Waals surface area contributed by atoms with Crippen molar-refractivity contribution in [3.8, 4) is 11.1 Å². The zero-order valence-corrected chi connectivity index (χ0v) is 17.4. The van der Waals surface area contributed by atoms with E-state index < -0.39 is 0 Å². The fraction of sp³-hybridized carbons (Fsp3) is 0.320. The van der Waals surface area contributed by atoms with Crippen LogP contribution < -0.4 is 5.32 Å². The Kier molecular flexibility index (Phi) is 4.22. The summed E-state index contributed by atoms with van der Waals surface area (Å²) in [5.74, 6) is 0.0766. The van der Waals surface area contributed by atoms with Crippen molar-refractivity contribution in [1.82, 2.24) is 5.32 Å². The van der Waals surface area contributed by atoms with Crippen LogP contribution in [-0.2, 0) is 15.9 Å². The topological polar surface area (TPSA) is 47.6 Å². The molecule has 6 rings (SSSR count). The Bertz CT molecular complexity index is 1070. The van der Waals surface area contributed by atoms with Crippen LogP contribution in [0.4, 0.5) is 4.79 Å². The van der Waals surface area contributed by atoms with E-state index in [4.69, 9.17) is 9.47 Å². The second-order valence-corrected chi connectivity index (χ2v) is 9.41. The predicted octanol–water partition coefficient (Wildman–Crippen LogP) is 5.43. The highest BCUT2D eigenvalue weighted by molar-refractivity contribution is 7.10. The summed E-state index contributed by atoms with van der Waals surface area (Å²) in [7, 11) is 0. The zero-order valence-electron chi connectivity index (χ0n) is 16.6. The molecule has 3 aromatic rings. The van der Waals surface area contributed by atoms with E-state index in [1.807, 2.05) is 0 Å². The third kappa shape index (κ3) is 2.88. The smallest absolute Gasteiger partial charge is 0.407 e. The van der Waals surface area contributed by atoms with Crippen molar-refractivity contribution in [2.45, 2.75) is 36.8 Å². The molecular formula is C25H23NO3S. The van der Waals surface area contributed by atoms with Crippen LogP contribution in [0.25, 0.3) is 11.1 Å². The van der Waals surface area contributed by atoms with Crippen molar-refractivity contribution in [2.75, 3.05) is 13.2 Å². The molecule has 5 heteroatoms. The van der Waals surface area contributed by atoms with Crippen molar-refractivity contribution in [2.24, 2.45) is 0 Å². The molecule has 4 nitrogen and oxygen atoms in total. The molecule has 2 heterocycles. The number of ether oxygens (including phenoxy) is 2. The van der Waals surface area contributed by atoms with Crippen LogP contribution in [0.15, 0.2) is 60.0 Å². The highest BCUT2D eigenvalue weighted by Gasteiger charge is 2.54. The molecule has 0 bridgehead atoms. The third-order valence-electron chi connectivity index (χ3n) is 6.66. The zero-order chi connectivity index (χ0) is 20.1. The van der Waals surface area contributed by atoms with Gasteiger partial charge in [0.1, 0.15) is 12.7 Å². The maximum atomic E-state index is 12.8. The van der Waals surface area contributed by atoms with Gasteiger partial charge >= 0.3 is 6.09 Å². The van der Waals surface area contributed by atoms with E-state index in [2.05, 4.69) is 65.3 Å². The van der Waals surface area contributed by atoms with Gasteiger partial charge in [0.2, 0.25) is 0 Å². The Hall–Kier alpha value is -2.63. The van der Waals surface area contributed by atoms with Crippen LogP contribution in [0, 0.1) is 0 Å². The molecule has 0 spiro atoms. The van der Waals surface area contributed by atoms with E-state index in [-0.39, 0.29) is 23.7 Å². The first-order valence-electron chi connectivity index (χ1n) is 10.6. The monoisotopic (exact) mass is 417 g/mol. The van der Waals surface area contributed by atoms with E-state index in [0.29, 0.717) is 13.2 Å². The van der Waals surface area contributed by atoms with Gasteiger partial charge in [-0.3, -0.25) is 0 Å². The van der Waals surface area contributed by atoms with Gasteiger partial charge in [0.05, 0.1) is 12.1 Å². The number of nitrogens with one attached hydrogen (secondary N) is 1. The second kappa shape index (κ2) is 6.96. The van der Waals surface area contributed by atoms with Gasteiger partial charge in [-0.1, -0.05) is 48.5 Å². The minimum absolute atomic E-state index is 0.0621. The van der Waals surface area contributed by atoms with Crippen LogP contribution in [0.2, 0.25) is 0 Å². The lowest BCUT2D eigenvalue weighted by atomic mass is 9.97. The summed E-state index contributed by atoms with van der Waals surface area (Å²) in [5.41, 5.74) is 5.85. The molecular weight excluding hydrogens is 394 g/mol. The number of alkyl carbamates (subject to hydrolysis) is 1. The molecule has 1 unspecified atom stereocenters. The molecule has 1 saturated carbocycles. The number of thiophene rings is 1. The highest BCUT2D eigenvalue weighted by Crippen LogP contribution is 2.51. The largest absolute Gasteiger partial charge is 0.449 e. The molecule has 1 N–H and O–H groups in total. The number of amides is 1. The van der Waals surface area contributed by atoms with Gasteiger partial charge in [0.15, 0.2) is 0 Å². The Balaban J connectivity index is 1.17. The SMILES string of the molecule is O=C(NC1(C2OCCc3sccc32)CC1)OCC1c2ccccc2-c2ccccc21. The summed E-state index contributed by atoms with van der Waals surface area (Å²) in [4.78, 5) is 14.2. The van der Waals surface area contributed by atoms with E-state index in [1.54, 1.807) is 11.3 Å². The fourth-order valence-corrected chi connectivity index (χ4v) is 5.92. The average Bonchev–Trinajstić information content (AvgIpc) is 3.26. The van der Waals surface area contributed by atoms with Crippen LogP contribution in [0.1, 0.15) is 46.4 Å². The first-order chi connectivity index (χ1) is 14.8. The minimum Gasteiger partial charge on any atom is -0.449 e. The van der Waals surface area contributed by atoms with Gasteiger partial charge in [-0.05, 0) is 52.1 Å². The van der Waals surface area contributed by atoms with Crippen LogP contribution in [0.3, 0.4) is 0 Å². The first kappa shape index (κ1) is 18.2. The Labute approximate surface area is 179 Å². The maximum Gasteiger partial charge on any atom is 0.407 e. The normalized spacial score (nSPS) is 20.7. The van der Waals surface area contributed by atoms with E-state index in [9.17, 15) is 4.79 Å². The molecule has 0 saturated heterocycles. The molecule has 3 aliphatic rings. The molecule has 1 aromatic heterocycles. The van der Waals surface area contributed by atoms with Crippen molar-refractivity contribution in [3.63, 3.8) is 0 Å². The van der Waals surface area contributed by atoms with Crippen molar-refractivity contribution in [1.29, 1.82) is 0 Å². The fourth-order valence-electron chi connectivity index (χ4n) is 5.03. The Morgan fingerprint density at radius 3 is 2.43 bits per heavy atom. The molecule has 152 valence electrons. The summed E-state index contributed by atoms with van der Waals surface area (Å²) in [5, 5.41) is 5.28. The van der Waals surface area contributed by atoms with Gasteiger partial charge < -0.3 is 14.8 Å². The first-order valence-corrected chi connectivity index (χ1v) is 11.4. The van der Waals surface area contributed by atoms with E-state index >= 15 is 0 Å². The number of fused-ring (bicyclic) bond motifs is 4. The molecule has 2 aliphatic carbocycles. The number of rotatable bonds is 4. The number of carbonyl (C=O) groups excluding carboxylic acids is 1. The second-order valence-electron chi connectivity index (χ2n) is 8.41. The summed E-state index contributed by atoms with van der Waals surface area (Å²) >= 11 is 1.78. The van der Waals surface area contributed by atoms with Gasteiger partial charge in [-0.2, -0.15) is 0 Å². The predicted molar refractivity (Wildman–Crippen MR) is 117 cm³/mol. The molecule has 1 aliphatic heterocycles. The summed E-state index contributed by atoms with van der Waals surface area (Å²) in [6, 6.07) is 18.9. The van der Waals surface area contributed by atoms with Gasteiger partial charge in [-0.15, -0.1) is 11.3 Å². The number of carbonyl (C=O) groups is 1. The van der Waals surface area contributed by atoms with Gasteiger partial charge in [0.25, 0.3) is 0 Å². The van der Waals surface area contributed by atoms with E-state index in [1.165, 1.54) is 32.7 Å². The lowest BCUT2D eigenvalue weighted by Crippen LogP contribution is -2.44. The quantitative estimate of drug-likeness (QED) is 0.615. The Morgan fingerprint density at radius 2 is 1.73 bits per heavy atom. The van der Waals surface area contributed by atoms with Crippen molar-refractivity contribution in [3.05, 3.63) is 81.5 Å². The average molecular weight is 418 g/mol. The van der Waals surface area contributed by atoms with Crippen molar-refractivity contribution >= 4 is 17.4 Å². The summed E-state index contributed by atoms with van der Waals surface area (Å²) in [6.07, 6.45) is 2.41. The van der Waals surface area contributed by atoms with Gasteiger partial charge in [0, 0.05) is 17.2 Å².